The average molecular weight is 686 g/mol. The molecule has 2 saturated carbocycles. The molecule has 8 rings (SSSR count). The monoisotopic (exact) mass is 685 g/mol. The smallest absolute Gasteiger partial charge is 0.319 e. The zero-order chi connectivity index (χ0) is 34.8. The van der Waals surface area contributed by atoms with Crippen LogP contribution in [0.3, 0.4) is 0 Å². The van der Waals surface area contributed by atoms with E-state index in [2.05, 4.69) is 20.8 Å². The number of benzene rings is 2. The van der Waals surface area contributed by atoms with Crippen LogP contribution in [0.2, 0.25) is 0 Å². The number of likely N-dealkylation sites (tertiary alicyclic amines) is 1. The number of β-amino-alcohol motifs (C(OH)–C–C–N with tert-alkyl or cyclic N) is 1. The molecular formula is C38H41F2N5O5. The Labute approximate surface area is 289 Å². The number of anilines is 1. The van der Waals surface area contributed by atoms with Crippen LogP contribution in [0.1, 0.15) is 57.4 Å². The number of rotatable bonds is 6. The van der Waals surface area contributed by atoms with Crippen molar-refractivity contribution >= 4 is 27.5 Å². The first kappa shape index (κ1) is 33.0. The number of piperidine rings is 1. The van der Waals surface area contributed by atoms with Crippen molar-refractivity contribution in [1.82, 2.24) is 19.9 Å². The van der Waals surface area contributed by atoms with Crippen molar-refractivity contribution in [3.05, 3.63) is 47.7 Å². The summed E-state index contributed by atoms with van der Waals surface area (Å²) in [5.74, 6) is 1.10. The maximum Gasteiger partial charge on any atom is 0.319 e. The SMILES string of the molecule is C#Cc1c(F)ccc2cc(O)cc(-c3ncc4c(N5CCOC[C@@](C)(O)C5)nc(OC[C@]56CCC[C@H]5N(C5CC(O)C5)CCC6)nc4c3F)c12. The second-order valence-corrected chi connectivity index (χ2v) is 14.8. The minimum absolute atomic E-state index is 0.000647. The van der Waals surface area contributed by atoms with E-state index in [4.69, 9.17) is 20.9 Å². The number of hydrogen-bond donors (Lipinski definition) is 3. The zero-order valence-corrected chi connectivity index (χ0v) is 28.0. The normalized spacial score (nSPS) is 28.6. The van der Waals surface area contributed by atoms with Gasteiger partial charge in [-0.25, -0.2) is 8.78 Å². The van der Waals surface area contributed by atoms with Crippen LogP contribution in [0, 0.1) is 29.4 Å². The van der Waals surface area contributed by atoms with E-state index in [-0.39, 0.29) is 64.2 Å². The van der Waals surface area contributed by atoms with Crippen LogP contribution >= 0.6 is 0 Å². The van der Waals surface area contributed by atoms with Crippen LogP contribution in [0.15, 0.2) is 30.5 Å². The van der Waals surface area contributed by atoms with Crippen LogP contribution < -0.4 is 9.64 Å². The Kier molecular flexibility index (Phi) is 8.30. The van der Waals surface area contributed by atoms with Gasteiger partial charge in [0.25, 0.3) is 0 Å². The van der Waals surface area contributed by atoms with Gasteiger partial charge in [-0.1, -0.05) is 18.4 Å². The highest BCUT2D eigenvalue weighted by Gasteiger charge is 2.51. The predicted molar refractivity (Wildman–Crippen MR) is 184 cm³/mol. The van der Waals surface area contributed by atoms with Crippen LogP contribution in [0.5, 0.6) is 11.8 Å². The van der Waals surface area contributed by atoms with E-state index in [9.17, 15) is 19.7 Å². The molecule has 4 fully saturated rings. The molecule has 0 bridgehead atoms. The number of nitrogens with zero attached hydrogens (tertiary/aromatic N) is 5. The fourth-order valence-electron chi connectivity index (χ4n) is 8.87. The molecule has 0 spiro atoms. The van der Waals surface area contributed by atoms with E-state index >= 15 is 4.39 Å². The van der Waals surface area contributed by atoms with Gasteiger partial charge in [-0.05, 0) is 75.6 Å². The van der Waals surface area contributed by atoms with Crippen molar-refractivity contribution in [2.75, 3.05) is 44.4 Å². The van der Waals surface area contributed by atoms with E-state index in [0.29, 0.717) is 48.4 Å². The average Bonchev–Trinajstić information content (AvgIpc) is 3.43. The van der Waals surface area contributed by atoms with E-state index in [1.807, 2.05) is 4.90 Å². The Hall–Kier alpha value is -4.15. The van der Waals surface area contributed by atoms with Crippen LogP contribution in [0.25, 0.3) is 32.9 Å². The van der Waals surface area contributed by atoms with E-state index < -0.39 is 17.2 Å². The molecule has 10 nitrogen and oxygen atoms in total. The predicted octanol–water partition coefficient (Wildman–Crippen LogP) is 4.93. The lowest BCUT2D eigenvalue weighted by molar-refractivity contribution is -0.0740. The van der Waals surface area contributed by atoms with Gasteiger partial charge in [0.15, 0.2) is 5.82 Å². The van der Waals surface area contributed by atoms with Crippen molar-refractivity contribution in [3.63, 3.8) is 0 Å². The molecular weight excluding hydrogens is 644 g/mol. The number of pyridine rings is 1. The van der Waals surface area contributed by atoms with Crippen molar-refractivity contribution in [3.8, 4) is 35.4 Å². The van der Waals surface area contributed by atoms with Gasteiger partial charge in [-0.2, -0.15) is 9.97 Å². The number of aliphatic hydroxyl groups excluding tert-OH is 1. The molecule has 262 valence electrons. The molecule has 12 heteroatoms. The third kappa shape index (κ3) is 5.70. The molecule has 2 aliphatic carbocycles. The van der Waals surface area contributed by atoms with Gasteiger partial charge < -0.3 is 29.7 Å². The van der Waals surface area contributed by atoms with Crippen molar-refractivity contribution < 1.29 is 33.6 Å². The number of hydrogen-bond acceptors (Lipinski definition) is 10. The Balaban J connectivity index is 1.23. The first-order valence-electron chi connectivity index (χ1n) is 17.5. The number of terminal acetylenes is 1. The summed E-state index contributed by atoms with van der Waals surface area (Å²) in [4.78, 5) is 18.3. The summed E-state index contributed by atoms with van der Waals surface area (Å²) in [5, 5.41) is 32.6. The fraction of sp³-hybridized carbons (Fsp3) is 0.500. The number of phenols is 1. The maximum atomic E-state index is 17.0. The van der Waals surface area contributed by atoms with Gasteiger partial charge in [0.05, 0.1) is 43.4 Å². The first-order chi connectivity index (χ1) is 24.1. The molecule has 2 aromatic heterocycles. The number of aromatic nitrogens is 3. The van der Waals surface area contributed by atoms with E-state index in [1.165, 1.54) is 30.5 Å². The summed E-state index contributed by atoms with van der Waals surface area (Å²) in [6.45, 7) is 4.03. The molecule has 2 saturated heterocycles. The second kappa shape index (κ2) is 12.6. The van der Waals surface area contributed by atoms with Crippen LogP contribution in [0.4, 0.5) is 14.6 Å². The topological polar surface area (TPSA) is 124 Å². The molecule has 2 aromatic carbocycles. The lowest BCUT2D eigenvalue weighted by Gasteiger charge is -2.52. The van der Waals surface area contributed by atoms with Gasteiger partial charge in [0, 0.05) is 41.2 Å². The van der Waals surface area contributed by atoms with Gasteiger partial charge in [0.2, 0.25) is 0 Å². The number of ether oxygens (including phenoxy) is 2. The van der Waals surface area contributed by atoms with Crippen molar-refractivity contribution in [1.29, 1.82) is 0 Å². The molecule has 2 aliphatic heterocycles. The molecule has 0 unspecified atom stereocenters. The third-order valence-corrected chi connectivity index (χ3v) is 11.2. The van der Waals surface area contributed by atoms with Gasteiger partial charge >= 0.3 is 6.01 Å². The zero-order valence-electron chi connectivity index (χ0n) is 28.0. The molecule has 4 aliphatic rings. The Morgan fingerprint density at radius 2 is 1.96 bits per heavy atom. The Bertz CT molecular complexity index is 2010. The lowest BCUT2D eigenvalue weighted by atomic mass is 9.73. The molecule has 3 atom stereocenters. The van der Waals surface area contributed by atoms with Crippen molar-refractivity contribution in [2.45, 2.75) is 75.7 Å². The highest BCUT2D eigenvalue weighted by Crippen LogP contribution is 2.50. The van der Waals surface area contributed by atoms with Crippen molar-refractivity contribution in [2.24, 2.45) is 5.41 Å². The molecule has 0 amide bonds. The van der Waals surface area contributed by atoms with E-state index in [1.54, 1.807) is 6.92 Å². The number of aliphatic hydroxyl groups is 2. The molecule has 50 heavy (non-hydrogen) atoms. The Morgan fingerprint density at radius 3 is 2.76 bits per heavy atom. The summed E-state index contributed by atoms with van der Waals surface area (Å²) < 4.78 is 44.0. The second-order valence-electron chi connectivity index (χ2n) is 14.8. The Morgan fingerprint density at radius 1 is 1.14 bits per heavy atom. The molecule has 4 heterocycles. The maximum absolute atomic E-state index is 17.0. The lowest BCUT2D eigenvalue weighted by Crippen LogP contribution is -2.59. The van der Waals surface area contributed by atoms with Crippen LogP contribution in [-0.4, -0.2) is 98.4 Å². The molecule has 3 N–H and O–H groups in total. The van der Waals surface area contributed by atoms with Gasteiger partial charge in [-0.3, -0.25) is 9.88 Å². The number of halogens is 2. The van der Waals surface area contributed by atoms with E-state index in [0.717, 1.165) is 51.5 Å². The van der Waals surface area contributed by atoms with Gasteiger partial charge in [0.1, 0.15) is 34.2 Å². The highest BCUT2D eigenvalue weighted by atomic mass is 19.1. The standard InChI is InChI=1S/C38H41F2N5O5/c1-3-26-29(39)8-7-22-14-24(46)17-27(31(22)26)33-32(40)34-28(18-41-33)35(44-12-13-49-20-37(2,48)19-44)43-36(42-34)50-21-38-9-4-6-30(38)45(11-5-10-38)23-15-25(47)16-23/h1,7-8,14,17-18,23,25,30,46-48H,4-6,9-13,15-16,19-21H2,2H3/t23?,25?,30-,37+,38-/m1/s1. The quantitative estimate of drug-likeness (QED) is 0.241. The van der Waals surface area contributed by atoms with Crippen LogP contribution in [-0.2, 0) is 4.74 Å². The summed E-state index contributed by atoms with van der Waals surface area (Å²) in [6, 6.07) is 6.15. The minimum atomic E-state index is -1.20. The summed E-state index contributed by atoms with van der Waals surface area (Å²) >= 11 is 0. The summed E-state index contributed by atoms with van der Waals surface area (Å²) in [6.07, 6.45) is 13.7. The number of fused-ring (bicyclic) bond motifs is 3. The highest BCUT2D eigenvalue weighted by molar-refractivity contribution is 6.03. The largest absolute Gasteiger partial charge is 0.508 e. The fourth-order valence-corrected chi connectivity index (χ4v) is 8.87. The number of aromatic hydroxyl groups is 1. The number of phenolic OH excluding ortho intramolecular Hbond substituents is 1. The van der Waals surface area contributed by atoms with Gasteiger partial charge in [-0.15, -0.1) is 6.42 Å². The minimum Gasteiger partial charge on any atom is -0.508 e. The molecule has 0 radical (unpaired) electrons. The first-order valence-corrected chi connectivity index (χ1v) is 17.5. The summed E-state index contributed by atoms with van der Waals surface area (Å²) in [7, 11) is 0. The molecule has 4 aromatic rings. The summed E-state index contributed by atoms with van der Waals surface area (Å²) in [5.41, 5.74) is -1.49. The third-order valence-electron chi connectivity index (χ3n) is 11.2.